The fourth-order valence-electron chi connectivity index (χ4n) is 1.79. The van der Waals surface area contributed by atoms with Gasteiger partial charge >= 0.3 is 5.97 Å². The highest BCUT2D eigenvalue weighted by molar-refractivity contribution is 5.66. The Kier molecular flexibility index (Phi) is 5.30. The van der Waals surface area contributed by atoms with Gasteiger partial charge in [0, 0.05) is 12.5 Å². The lowest BCUT2D eigenvalue weighted by atomic mass is 9.98. The largest absolute Gasteiger partial charge is 0.481 e. The van der Waals surface area contributed by atoms with E-state index in [4.69, 9.17) is 5.11 Å². The lowest BCUT2D eigenvalue weighted by molar-refractivity contribution is -0.137. The lowest BCUT2D eigenvalue weighted by Gasteiger charge is -2.16. The van der Waals surface area contributed by atoms with Crippen LogP contribution in [0.2, 0.25) is 0 Å². The van der Waals surface area contributed by atoms with Gasteiger partial charge in [0.15, 0.2) is 0 Å². The van der Waals surface area contributed by atoms with E-state index in [0.29, 0.717) is 19.3 Å². The van der Waals surface area contributed by atoms with E-state index in [1.54, 1.807) is 13.0 Å². The minimum atomic E-state index is -0.900. The average molecular weight is 253 g/mol. The lowest BCUT2D eigenvalue weighted by Crippen LogP contribution is -2.30. The van der Waals surface area contributed by atoms with Crippen molar-refractivity contribution in [3.8, 4) is 0 Å². The van der Waals surface area contributed by atoms with Gasteiger partial charge < -0.3 is 10.4 Å². The maximum absolute atomic E-state index is 12.9. The Hall–Kier alpha value is -1.91. The molecule has 0 aliphatic heterocycles. The second-order valence-corrected chi connectivity index (χ2v) is 4.19. The van der Waals surface area contributed by atoms with Crippen LogP contribution in [0.15, 0.2) is 18.2 Å². The number of hydrogen-bond acceptors (Lipinski definition) is 2. The van der Waals surface area contributed by atoms with Gasteiger partial charge in [-0.3, -0.25) is 9.59 Å². The van der Waals surface area contributed by atoms with Crippen molar-refractivity contribution in [2.24, 2.45) is 0 Å². The van der Waals surface area contributed by atoms with Crippen molar-refractivity contribution in [2.45, 2.75) is 32.2 Å². The van der Waals surface area contributed by atoms with Crippen molar-refractivity contribution < 1.29 is 19.1 Å². The molecule has 0 fully saturated rings. The summed E-state index contributed by atoms with van der Waals surface area (Å²) in [5.41, 5.74) is 1.70. The van der Waals surface area contributed by atoms with E-state index in [1.165, 1.54) is 12.1 Å². The van der Waals surface area contributed by atoms with Crippen LogP contribution in [-0.4, -0.2) is 23.5 Å². The van der Waals surface area contributed by atoms with Crippen molar-refractivity contribution in [3.05, 3.63) is 35.1 Å². The molecule has 5 heteroatoms. The van der Waals surface area contributed by atoms with Crippen molar-refractivity contribution >= 4 is 12.4 Å². The Bertz CT molecular complexity index is 434. The number of rotatable bonds is 7. The number of carbonyl (C=O) groups is 2. The zero-order valence-corrected chi connectivity index (χ0v) is 10.1. The first kappa shape index (κ1) is 14.2. The summed E-state index contributed by atoms with van der Waals surface area (Å²) >= 11 is 0. The maximum atomic E-state index is 12.9. The Balaban J connectivity index is 2.69. The third-order valence-corrected chi connectivity index (χ3v) is 2.78. The van der Waals surface area contributed by atoms with Crippen LogP contribution in [0, 0.1) is 12.7 Å². The molecule has 1 atom stereocenters. The monoisotopic (exact) mass is 253 g/mol. The normalized spacial score (nSPS) is 11.9. The number of carbonyl (C=O) groups excluding carboxylic acids is 1. The number of amides is 1. The van der Waals surface area contributed by atoms with E-state index in [-0.39, 0.29) is 18.3 Å². The molecule has 18 heavy (non-hydrogen) atoms. The molecule has 0 aliphatic rings. The van der Waals surface area contributed by atoms with Gasteiger partial charge in [0.25, 0.3) is 0 Å². The SMILES string of the molecule is Cc1cc(F)ccc1CC(CCC(=O)O)NC=O. The number of benzene rings is 1. The van der Waals surface area contributed by atoms with Gasteiger partial charge in [-0.2, -0.15) is 0 Å². The number of nitrogens with one attached hydrogen (secondary N) is 1. The number of halogens is 1. The highest BCUT2D eigenvalue weighted by atomic mass is 19.1. The highest BCUT2D eigenvalue weighted by Crippen LogP contribution is 2.14. The van der Waals surface area contributed by atoms with E-state index in [1.807, 2.05) is 0 Å². The van der Waals surface area contributed by atoms with Crippen LogP contribution in [-0.2, 0) is 16.0 Å². The zero-order valence-electron chi connectivity index (χ0n) is 10.1. The molecular weight excluding hydrogens is 237 g/mol. The fraction of sp³-hybridized carbons (Fsp3) is 0.385. The third kappa shape index (κ3) is 4.53. The summed E-state index contributed by atoms with van der Waals surface area (Å²) in [5, 5.41) is 11.2. The number of aryl methyl sites for hydroxylation is 1. The molecular formula is C13H16FNO3. The van der Waals surface area contributed by atoms with Gasteiger partial charge in [-0.1, -0.05) is 6.07 Å². The van der Waals surface area contributed by atoms with Crippen molar-refractivity contribution in [2.75, 3.05) is 0 Å². The van der Waals surface area contributed by atoms with E-state index >= 15 is 0 Å². The first-order valence-corrected chi connectivity index (χ1v) is 5.69. The summed E-state index contributed by atoms with van der Waals surface area (Å²) in [6.45, 7) is 1.79. The Morgan fingerprint density at radius 2 is 2.28 bits per heavy atom. The standard InChI is InChI=1S/C13H16FNO3/c1-9-6-11(14)3-2-10(9)7-12(15-8-16)4-5-13(17)18/h2-3,6,8,12H,4-5,7H2,1H3,(H,15,16)(H,17,18). The second-order valence-electron chi connectivity index (χ2n) is 4.19. The molecule has 0 aromatic heterocycles. The first-order valence-electron chi connectivity index (χ1n) is 5.69. The van der Waals surface area contributed by atoms with E-state index in [9.17, 15) is 14.0 Å². The molecule has 0 bridgehead atoms. The van der Waals surface area contributed by atoms with E-state index in [2.05, 4.69) is 5.32 Å². The summed E-state index contributed by atoms with van der Waals surface area (Å²) in [6.07, 6.45) is 1.40. The zero-order chi connectivity index (χ0) is 13.5. The quantitative estimate of drug-likeness (QED) is 0.726. The number of hydrogen-bond donors (Lipinski definition) is 2. The van der Waals surface area contributed by atoms with Gasteiger partial charge in [-0.15, -0.1) is 0 Å². The molecule has 0 heterocycles. The van der Waals surface area contributed by atoms with Gasteiger partial charge in [0.2, 0.25) is 6.41 Å². The minimum Gasteiger partial charge on any atom is -0.481 e. The van der Waals surface area contributed by atoms with Crippen LogP contribution in [0.5, 0.6) is 0 Å². The van der Waals surface area contributed by atoms with Crippen molar-refractivity contribution in [1.82, 2.24) is 5.32 Å². The summed E-state index contributed by atoms with van der Waals surface area (Å²) in [6, 6.07) is 4.19. The van der Waals surface area contributed by atoms with Crippen LogP contribution in [0.25, 0.3) is 0 Å². The Morgan fingerprint density at radius 1 is 1.56 bits per heavy atom. The van der Waals surface area contributed by atoms with Gasteiger partial charge in [-0.05, 0) is 43.0 Å². The molecule has 1 rings (SSSR count). The van der Waals surface area contributed by atoms with Crippen LogP contribution < -0.4 is 5.32 Å². The molecule has 0 aliphatic carbocycles. The van der Waals surface area contributed by atoms with Crippen LogP contribution in [0.3, 0.4) is 0 Å². The average Bonchev–Trinajstić information content (AvgIpc) is 2.29. The molecule has 0 radical (unpaired) electrons. The molecule has 1 aromatic rings. The van der Waals surface area contributed by atoms with Crippen LogP contribution in [0.1, 0.15) is 24.0 Å². The molecule has 0 saturated carbocycles. The van der Waals surface area contributed by atoms with Crippen LogP contribution >= 0.6 is 0 Å². The van der Waals surface area contributed by atoms with Gasteiger partial charge in [-0.25, -0.2) is 4.39 Å². The molecule has 2 N–H and O–H groups in total. The van der Waals surface area contributed by atoms with E-state index < -0.39 is 5.97 Å². The van der Waals surface area contributed by atoms with Crippen LogP contribution in [0.4, 0.5) is 4.39 Å². The summed E-state index contributed by atoms with van der Waals surface area (Å²) in [7, 11) is 0. The molecule has 1 aromatic carbocycles. The smallest absolute Gasteiger partial charge is 0.303 e. The molecule has 1 unspecified atom stereocenters. The molecule has 98 valence electrons. The molecule has 4 nitrogen and oxygen atoms in total. The third-order valence-electron chi connectivity index (χ3n) is 2.78. The maximum Gasteiger partial charge on any atom is 0.303 e. The minimum absolute atomic E-state index is 0.00819. The van der Waals surface area contributed by atoms with Crippen molar-refractivity contribution in [1.29, 1.82) is 0 Å². The molecule has 1 amide bonds. The van der Waals surface area contributed by atoms with Gasteiger partial charge in [0.1, 0.15) is 5.82 Å². The summed E-state index contributed by atoms with van der Waals surface area (Å²) in [5.74, 6) is -1.20. The number of aliphatic carboxylic acids is 1. The topological polar surface area (TPSA) is 66.4 Å². The first-order chi connectivity index (χ1) is 8.52. The summed E-state index contributed by atoms with van der Waals surface area (Å²) < 4.78 is 12.9. The Morgan fingerprint density at radius 3 is 2.83 bits per heavy atom. The molecule has 0 spiro atoms. The summed E-state index contributed by atoms with van der Waals surface area (Å²) in [4.78, 5) is 21.0. The molecule has 0 saturated heterocycles. The highest BCUT2D eigenvalue weighted by Gasteiger charge is 2.12. The fourth-order valence-corrected chi connectivity index (χ4v) is 1.79. The predicted molar refractivity (Wildman–Crippen MR) is 64.7 cm³/mol. The van der Waals surface area contributed by atoms with Gasteiger partial charge in [0.05, 0.1) is 0 Å². The van der Waals surface area contributed by atoms with Crippen molar-refractivity contribution in [3.63, 3.8) is 0 Å². The number of carboxylic acids is 1. The number of carboxylic acid groups (broad SMARTS) is 1. The predicted octanol–water partition coefficient (Wildman–Crippen LogP) is 1.66. The Labute approximate surface area is 105 Å². The van der Waals surface area contributed by atoms with E-state index in [0.717, 1.165) is 11.1 Å². The second kappa shape index (κ2) is 6.74.